The van der Waals surface area contributed by atoms with E-state index in [0.29, 0.717) is 23.7 Å². The van der Waals surface area contributed by atoms with Crippen LogP contribution >= 0.6 is 22.6 Å². The number of nitrogens with zero attached hydrogens (tertiary/aromatic N) is 4. The van der Waals surface area contributed by atoms with E-state index in [1.165, 1.54) is 6.33 Å². The van der Waals surface area contributed by atoms with Crippen LogP contribution in [0.25, 0.3) is 11.2 Å². The maximum absolute atomic E-state index is 6.05. The first-order valence-corrected chi connectivity index (χ1v) is 10.3. The molecule has 0 saturated heterocycles. The third-order valence-electron chi connectivity index (χ3n) is 4.59. The van der Waals surface area contributed by atoms with Crippen LogP contribution in [-0.2, 0) is 13.0 Å². The molecule has 3 N–H and O–H groups in total. The molecule has 9 heteroatoms. The highest BCUT2D eigenvalue weighted by Crippen LogP contribution is 2.36. The number of hydrogen-bond donors (Lipinski definition) is 2. The Kier molecular flexibility index (Phi) is 5.54. The highest BCUT2D eigenvalue weighted by atomic mass is 127. The van der Waals surface area contributed by atoms with Gasteiger partial charge in [-0.25, -0.2) is 15.0 Å². The standard InChI is InChI=1S/C19H23IN6O2/c1-11(2)8-22-3-4-26-16(25-17-18(21)23-9-24-19(17)26)6-12-5-14-15(7-13(12)20)28-10-27-14/h5,7,9,11,22H,3-4,6,8,10H2,1-2H3,(H2,21,23,24). The summed E-state index contributed by atoms with van der Waals surface area (Å²) in [6.07, 6.45) is 2.14. The molecule has 4 rings (SSSR count). The summed E-state index contributed by atoms with van der Waals surface area (Å²) in [5.41, 5.74) is 8.60. The highest BCUT2D eigenvalue weighted by molar-refractivity contribution is 14.1. The average Bonchev–Trinajstić information content (AvgIpc) is 3.24. The van der Waals surface area contributed by atoms with E-state index in [1.54, 1.807) is 0 Å². The molecule has 28 heavy (non-hydrogen) atoms. The Morgan fingerprint density at radius 1 is 1.25 bits per heavy atom. The van der Waals surface area contributed by atoms with Crippen molar-refractivity contribution >= 4 is 39.6 Å². The molecule has 0 bridgehead atoms. The van der Waals surface area contributed by atoms with E-state index >= 15 is 0 Å². The van der Waals surface area contributed by atoms with Crippen molar-refractivity contribution in [2.24, 2.45) is 5.92 Å². The van der Waals surface area contributed by atoms with Gasteiger partial charge in [-0.1, -0.05) is 13.8 Å². The molecule has 0 spiro atoms. The predicted molar refractivity (Wildman–Crippen MR) is 116 cm³/mol. The van der Waals surface area contributed by atoms with Gasteiger partial charge in [0.1, 0.15) is 12.2 Å². The van der Waals surface area contributed by atoms with Gasteiger partial charge in [0.05, 0.1) is 0 Å². The van der Waals surface area contributed by atoms with Crippen LogP contribution < -0.4 is 20.5 Å². The Balaban J connectivity index is 1.66. The molecule has 0 fully saturated rings. The minimum absolute atomic E-state index is 0.265. The van der Waals surface area contributed by atoms with Crippen molar-refractivity contribution in [2.75, 3.05) is 25.6 Å². The van der Waals surface area contributed by atoms with Gasteiger partial charge < -0.3 is 25.1 Å². The van der Waals surface area contributed by atoms with E-state index in [9.17, 15) is 0 Å². The first kappa shape index (κ1) is 19.2. The number of imidazole rings is 1. The summed E-state index contributed by atoms with van der Waals surface area (Å²) >= 11 is 2.32. The maximum atomic E-state index is 6.05. The number of nitrogen functional groups attached to an aromatic ring is 1. The molecule has 1 aliphatic heterocycles. The Labute approximate surface area is 177 Å². The SMILES string of the molecule is CC(C)CNCCn1c(Cc2cc3c(cc2I)OCO3)nc2c(N)ncnc21. The van der Waals surface area contributed by atoms with Crippen LogP contribution in [-0.4, -0.2) is 39.4 Å². The normalized spacial score (nSPS) is 13.0. The average molecular weight is 494 g/mol. The van der Waals surface area contributed by atoms with E-state index < -0.39 is 0 Å². The van der Waals surface area contributed by atoms with Gasteiger partial charge in [0.25, 0.3) is 0 Å². The van der Waals surface area contributed by atoms with Gasteiger partial charge in [0, 0.05) is 23.1 Å². The van der Waals surface area contributed by atoms with Crippen molar-refractivity contribution in [1.82, 2.24) is 24.8 Å². The fraction of sp³-hybridized carbons (Fsp3) is 0.421. The molecule has 3 aromatic rings. The van der Waals surface area contributed by atoms with Crippen molar-refractivity contribution in [3.63, 3.8) is 0 Å². The molecular weight excluding hydrogens is 471 g/mol. The van der Waals surface area contributed by atoms with Crippen LogP contribution in [0, 0.1) is 9.49 Å². The van der Waals surface area contributed by atoms with E-state index in [4.69, 9.17) is 20.2 Å². The fourth-order valence-corrected chi connectivity index (χ4v) is 3.84. The first-order valence-electron chi connectivity index (χ1n) is 9.27. The van der Waals surface area contributed by atoms with Crippen LogP contribution in [0.5, 0.6) is 11.5 Å². The summed E-state index contributed by atoms with van der Waals surface area (Å²) in [4.78, 5) is 13.3. The van der Waals surface area contributed by atoms with Gasteiger partial charge >= 0.3 is 0 Å². The number of hydrogen-bond acceptors (Lipinski definition) is 7. The quantitative estimate of drug-likeness (QED) is 0.385. The molecule has 3 heterocycles. The third-order valence-corrected chi connectivity index (χ3v) is 5.60. The molecule has 8 nitrogen and oxygen atoms in total. The van der Waals surface area contributed by atoms with Crippen LogP contribution in [0.4, 0.5) is 5.82 Å². The minimum Gasteiger partial charge on any atom is -0.454 e. The Morgan fingerprint density at radius 2 is 2.04 bits per heavy atom. The molecule has 0 aliphatic carbocycles. The highest BCUT2D eigenvalue weighted by Gasteiger charge is 2.20. The van der Waals surface area contributed by atoms with Crippen LogP contribution in [0.1, 0.15) is 25.2 Å². The van der Waals surface area contributed by atoms with Gasteiger partial charge in [0.2, 0.25) is 6.79 Å². The van der Waals surface area contributed by atoms with Crippen molar-refractivity contribution in [1.29, 1.82) is 0 Å². The van der Waals surface area contributed by atoms with Crippen molar-refractivity contribution < 1.29 is 9.47 Å². The van der Waals surface area contributed by atoms with E-state index in [1.807, 2.05) is 12.1 Å². The van der Waals surface area contributed by atoms with Gasteiger partial charge in [-0.15, -0.1) is 0 Å². The number of aromatic nitrogens is 4. The summed E-state index contributed by atoms with van der Waals surface area (Å²) in [5.74, 6) is 3.48. The zero-order valence-electron chi connectivity index (χ0n) is 15.9. The molecule has 2 aromatic heterocycles. The lowest BCUT2D eigenvalue weighted by Gasteiger charge is -2.12. The number of anilines is 1. The first-order chi connectivity index (χ1) is 13.5. The molecular formula is C19H23IN6O2. The van der Waals surface area contributed by atoms with E-state index in [-0.39, 0.29) is 6.79 Å². The number of halogens is 1. The number of fused-ring (bicyclic) bond motifs is 2. The number of nitrogens with two attached hydrogens (primary N) is 1. The topological polar surface area (TPSA) is 100 Å². The maximum Gasteiger partial charge on any atom is 0.231 e. The molecule has 0 radical (unpaired) electrons. The van der Waals surface area contributed by atoms with Crippen LogP contribution in [0.3, 0.4) is 0 Å². The van der Waals surface area contributed by atoms with Crippen molar-refractivity contribution in [2.45, 2.75) is 26.8 Å². The molecule has 0 unspecified atom stereocenters. The van der Waals surface area contributed by atoms with Gasteiger partial charge in [0.15, 0.2) is 28.5 Å². The summed E-state index contributed by atoms with van der Waals surface area (Å²) in [7, 11) is 0. The number of ether oxygens (including phenoxy) is 2. The summed E-state index contributed by atoms with van der Waals surface area (Å²) in [6.45, 7) is 7.22. The smallest absolute Gasteiger partial charge is 0.231 e. The second kappa shape index (κ2) is 8.08. The molecule has 1 aliphatic rings. The van der Waals surface area contributed by atoms with Crippen LogP contribution in [0.2, 0.25) is 0 Å². The lowest BCUT2D eigenvalue weighted by atomic mass is 10.1. The van der Waals surface area contributed by atoms with Crippen LogP contribution in [0.15, 0.2) is 18.5 Å². The zero-order chi connectivity index (χ0) is 19.7. The second-order valence-electron chi connectivity index (χ2n) is 7.18. The summed E-state index contributed by atoms with van der Waals surface area (Å²) < 4.78 is 14.2. The molecule has 0 amide bonds. The lowest BCUT2D eigenvalue weighted by Crippen LogP contribution is -2.24. The Bertz CT molecular complexity index is 1000. The monoisotopic (exact) mass is 494 g/mol. The molecule has 148 valence electrons. The summed E-state index contributed by atoms with van der Waals surface area (Å²) in [6, 6.07) is 4.03. The Morgan fingerprint density at radius 3 is 2.82 bits per heavy atom. The summed E-state index contributed by atoms with van der Waals surface area (Å²) in [5, 5.41) is 3.48. The number of nitrogens with one attached hydrogen (secondary N) is 1. The fourth-order valence-electron chi connectivity index (χ4n) is 3.22. The van der Waals surface area contributed by atoms with Gasteiger partial charge in [-0.2, -0.15) is 0 Å². The molecule has 0 atom stereocenters. The largest absolute Gasteiger partial charge is 0.454 e. The zero-order valence-corrected chi connectivity index (χ0v) is 18.1. The van der Waals surface area contributed by atoms with E-state index in [0.717, 1.165) is 51.7 Å². The number of rotatable bonds is 7. The van der Waals surface area contributed by atoms with Gasteiger partial charge in [-0.3, -0.25) is 0 Å². The van der Waals surface area contributed by atoms with E-state index in [2.05, 4.69) is 56.3 Å². The minimum atomic E-state index is 0.265. The van der Waals surface area contributed by atoms with Crippen molar-refractivity contribution in [3.8, 4) is 11.5 Å². The molecule has 0 saturated carbocycles. The predicted octanol–water partition coefficient (Wildman–Crippen LogP) is 2.58. The number of benzene rings is 1. The molecule has 1 aromatic carbocycles. The Hall–Kier alpha value is -2.14. The van der Waals surface area contributed by atoms with Gasteiger partial charge in [-0.05, 0) is 52.7 Å². The lowest BCUT2D eigenvalue weighted by molar-refractivity contribution is 0.174. The second-order valence-corrected chi connectivity index (χ2v) is 8.34. The van der Waals surface area contributed by atoms with Crippen molar-refractivity contribution in [3.05, 3.63) is 33.4 Å². The third kappa shape index (κ3) is 3.86.